The fraction of sp³-hybridized carbons (Fsp3) is 0.571. The summed E-state index contributed by atoms with van der Waals surface area (Å²) in [5.74, 6) is -1.33. The Morgan fingerprint density at radius 1 is 1.33 bits per heavy atom. The molecule has 3 amide bonds. The maximum Gasteiger partial charge on any atom is 0.325 e. The standard InChI is InChI=1S/C14H20N2O5/c1-3-8-15(10-14(20)21-4-2)11(17)7-9-16-12(18)5-6-13(16)19/h3H,1,4-10H2,2H3. The largest absolute Gasteiger partial charge is 0.465 e. The van der Waals surface area contributed by atoms with E-state index in [0.717, 1.165) is 4.90 Å². The Labute approximate surface area is 123 Å². The molecule has 0 unspecified atom stereocenters. The van der Waals surface area contributed by atoms with Crippen LogP contribution < -0.4 is 0 Å². The third-order valence-electron chi connectivity index (χ3n) is 3.03. The molecule has 0 saturated carbocycles. The molecule has 21 heavy (non-hydrogen) atoms. The molecule has 1 saturated heterocycles. The lowest BCUT2D eigenvalue weighted by Gasteiger charge is -2.21. The van der Waals surface area contributed by atoms with Crippen LogP contribution in [0, 0.1) is 0 Å². The van der Waals surface area contributed by atoms with Gasteiger partial charge in [-0.3, -0.25) is 24.1 Å². The molecule has 1 aliphatic heterocycles. The number of esters is 1. The summed E-state index contributed by atoms with van der Waals surface area (Å²) in [5, 5.41) is 0. The van der Waals surface area contributed by atoms with Gasteiger partial charge in [0.25, 0.3) is 0 Å². The van der Waals surface area contributed by atoms with Crippen molar-refractivity contribution in [3.05, 3.63) is 12.7 Å². The van der Waals surface area contributed by atoms with Crippen LogP contribution in [0.4, 0.5) is 0 Å². The minimum Gasteiger partial charge on any atom is -0.465 e. The Hall–Kier alpha value is -2.18. The molecule has 1 fully saturated rings. The van der Waals surface area contributed by atoms with Crippen LogP contribution in [-0.4, -0.2) is 59.7 Å². The molecule has 116 valence electrons. The monoisotopic (exact) mass is 296 g/mol. The van der Waals surface area contributed by atoms with Crippen molar-refractivity contribution in [1.82, 2.24) is 9.80 Å². The van der Waals surface area contributed by atoms with E-state index in [1.54, 1.807) is 6.92 Å². The molecule has 1 aliphatic rings. The molecule has 0 radical (unpaired) electrons. The summed E-state index contributed by atoms with van der Waals surface area (Å²) in [6.45, 7) is 5.55. The Morgan fingerprint density at radius 2 is 1.95 bits per heavy atom. The van der Waals surface area contributed by atoms with Crippen molar-refractivity contribution in [1.29, 1.82) is 0 Å². The lowest BCUT2D eigenvalue weighted by atomic mass is 10.3. The molecule has 1 rings (SSSR count). The van der Waals surface area contributed by atoms with Gasteiger partial charge in [0, 0.05) is 32.4 Å². The SMILES string of the molecule is C=CCN(CC(=O)OCC)C(=O)CCN1C(=O)CCC1=O. The first kappa shape index (κ1) is 16.9. The van der Waals surface area contributed by atoms with Gasteiger partial charge in [0.1, 0.15) is 6.54 Å². The number of carbonyl (C=O) groups excluding carboxylic acids is 4. The summed E-state index contributed by atoms with van der Waals surface area (Å²) >= 11 is 0. The molecule has 7 nitrogen and oxygen atoms in total. The smallest absolute Gasteiger partial charge is 0.325 e. The zero-order valence-corrected chi connectivity index (χ0v) is 12.2. The van der Waals surface area contributed by atoms with Crippen LogP contribution >= 0.6 is 0 Å². The minimum atomic E-state index is -0.499. The average Bonchev–Trinajstić information content (AvgIpc) is 2.75. The van der Waals surface area contributed by atoms with E-state index in [4.69, 9.17) is 4.74 Å². The normalized spacial score (nSPS) is 14.2. The van der Waals surface area contributed by atoms with Gasteiger partial charge in [-0.05, 0) is 6.92 Å². The number of nitrogens with zero attached hydrogens (tertiary/aromatic N) is 2. The highest BCUT2D eigenvalue weighted by Crippen LogP contribution is 2.12. The Balaban J connectivity index is 2.52. The molecule has 0 N–H and O–H groups in total. The fourth-order valence-corrected chi connectivity index (χ4v) is 2.01. The van der Waals surface area contributed by atoms with E-state index in [9.17, 15) is 19.2 Å². The Kier molecular flexibility index (Phi) is 6.58. The van der Waals surface area contributed by atoms with Gasteiger partial charge in [-0.25, -0.2) is 0 Å². The topological polar surface area (TPSA) is 84.0 Å². The predicted octanol–water partition coefficient (Wildman–Crippen LogP) is 0.103. The van der Waals surface area contributed by atoms with Gasteiger partial charge in [0.05, 0.1) is 6.61 Å². The van der Waals surface area contributed by atoms with E-state index >= 15 is 0 Å². The van der Waals surface area contributed by atoms with E-state index in [-0.39, 0.29) is 63.2 Å². The first-order valence-electron chi connectivity index (χ1n) is 6.87. The maximum atomic E-state index is 12.1. The van der Waals surface area contributed by atoms with Crippen LogP contribution in [0.5, 0.6) is 0 Å². The number of rotatable bonds is 8. The summed E-state index contributed by atoms with van der Waals surface area (Å²) in [5.41, 5.74) is 0. The number of carbonyl (C=O) groups is 4. The number of imide groups is 1. The molecule has 0 aliphatic carbocycles. The van der Waals surface area contributed by atoms with E-state index < -0.39 is 5.97 Å². The molecule has 0 aromatic carbocycles. The lowest BCUT2D eigenvalue weighted by Crippen LogP contribution is -2.39. The van der Waals surface area contributed by atoms with E-state index in [2.05, 4.69) is 6.58 Å². The van der Waals surface area contributed by atoms with Crippen molar-refractivity contribution in [2.75, 3.05) is 26.2 Å². The third-order valence-corrected chi connectivity index (χ3v) is 3.03. The molecule has 0 aromatic rings. The second-order valence-corrected chi connectivity index (χ2v) is 4.56. The lowest BCUT2D eigenvalue weighted by molar-refractivity contribution is -0.149. The molecule has 0 aromatic heterocycles. The van der Waals surface area contributed by atoms with Crippen LogP contribution in [0.25, 0.3) is 0 Å². The van der Waals surface area contributed by atoms with Crippen LogP contribution in [0.2, 0.25) is 0 Å². The fourth-order valence-electron chi connectivity index (χ4n) is 2.01. The highest BCUT2D eigenvalue weighted by molar-refractivity contribution is 6.02. The van der Waals surface area contributed by atoms with Crippen LogP contribution in [0.15, 0.2) is 12.7 Å². The van der Waals surface area contributed by atoms with Gasteiger partial charge >= 0.3 is 5.97 Å². The van der Waals surface area contributed by atoms with Crippen molar-refractivity contribution in [2.45, 2.75) is 26.2 Å². The average molecular weight is 296 g/mol. The van der Waals surface area contributed by atoms with Crippen molar-refractivity contribution in [2.24, 2.45) is 0 Å². The van der Waals surface area contributed by atoms with Crippen LogP contribution in [-0.2, 0) is 23.9 Å². The highest BCUT2D eigenvalue weighted by atomic mass is 16.5. The maximum absolute atomic E-state index is 12.1. The van der Waals surface area contributed by atoms with Gasteiger partial charge in [-0.1, -0.05) is 6.08 Å². The molecule has 0 bridgehead atoms. The molecule has 7 heteroatoms. The minimum absolute atomic E-state index is 0.00920. The van der Waals surface area contributed by atoms with E-state index in [1.807, 2.05) is 0 Å². The van der Waals surface area contributed by atoms with Crippen molar-refractivity contribution >= 4 is 23.7 Å². The first-order valence-corrected chi connectivity index (χ1v) is 6.87. The summed E-state index contributed by atoms with van der Waals surface area (Å²) in [4.78, 5) is 48.8. The first-order chi connectivity index (χ1) is 9.99. The van der Waals surface area contributed by atoms with Crippen LogP contribution in [0.3, 0.4) is 0 Å². The Bertz CT molecular complexity index is 431. The van der Waals surface area contributed by atoms with Gasteiger partial charge in [-0.15, -0.1) is 6.58 Å². The highest BCUT2D eigenvalue weighted by Gasteiger charge is 2.29. The molecule has 0 spiro atoms. The summed E-state index contributed by atoms with van der Waals surface area (Å²) in [6.07, 6.45) is 1.90. The van der Waals surface area contributed by atoms with Gasteiger partial charge in [-0.2, -0.15) is 0 Å². The molecule has 1 heterocycles. The summed E-state index contributed by atoms with van der Waals surface area (Å²) in [6, 6.07) is 0. The number of ether oxygens (including phenoxy) is 1. The predicted molar refractivity (Wildman–Crippen MR) is 74.0 cm³/mol. The van der Waals surface area contributed by atoms with Crippen molar-refractivity contribution in [3.8, 4) is 0 Å². The van der Waals surface area contributed by atoms with Gasteiger partial charge in [0.15, 0.2) is 0 Å². The van der Waals surface area contributed by atoms with Crippen molar-refractivity contribution in [3.63, 3.8) is 0 Å². The Morgan fingerprint density at radius 3 is 2.48 bits per heavy atom. The number of hydrogen-bond acceptors (Lipinski definition) is 5. The molecule has 0 atom stereocenters. The number of amides is 3. The quantitative estimate of drug-likeness (QED) is 0.360. The third kappa shape index (κ3) is 5.02. The van der Waals surface area contributed by atoms with Crippen molar-refractivity contribution < 1.29 is 23.9 Å². The molecular formula is C14H20N2O5. The number of hydrogen-bond donors (Lipinski definition) is 0. The van der Waals surface area contributed by atoms with Crippen LogP contribution in [0.1, 0.15) is 26.2 Å². The second-order valence-electron chi connectivity index (χ2n) is 4.56. The summed E-state index contributed by atoms with van der Waals surface area (Å²) in [7, 11) is 0. The van der Waals surface area contributed by atoms with E-state index in [1.165, 1.54) is 11.0 Å². The zero-order chi connectivity index (χ0) is 15.8. The molecular weight excluding hydrogens is 276 g/mol. The second kappa shape index (κ2) is 8.18. The van der Waals surface area contributed by atoms with Gasteiger partial charge < -0.3 is 9.64 Å². The summed E-state index contributed by atoms with van der Waals surface area (Å²) < 4.78 is 4.80. The zero-order valence-electron chi connectivity index (χ0n) is 12.2. The van der Waals surface area contributed by atoms with Gasteiger partial charge in [0.2, 0.25) is 17.7 Å². The van der Waals surface area contributed by atoms with E-state index in [0.29, 0.717) is 0 Å². The number of likely N-dealkylation sites (tertiary alicyclic amines) is 1.